The molecule has 0 aromatic heterocycles. The van der Waals surface area contributed by atoms with Crippen molar-refractivity contribution in [3.05, 3.63) is 60.2 Å². The topological polar surface area (TPSA) is 90.4 Å². The summed E-state index contributed by atoms with van der Waals surface area (Å²) in [5, 5.41) is 10.6. The van der Waals surface area contributed by atoms with E-state index in [4.69, 9.17) is 4.74 Å². The normalized spacial score (nSPS) is 31.2. The number of aliphatic hydroxyl groups excluding tert-OH is 1. The maximum atomic E-state index is 14.5. The van der Waals surface area contributed by atoms with Gasteiger partial charge in [0, 0.05) is 26.2 Å². The number of amides is 3. The van der Waals surface area contributed by atoms with Crippen LogP contribution in [0.1, 0.15) is 51.1 Å². The molecule has 204 valence electrons. The molecule has 0 saturated carbocycles. The van der Waals surface area contributed by atoms with Gasteiger partial charge in [-0.3, -0.25) is 14.4 Å². The molecular weight excluding hydrogens is 482 g/mol. The van der Waals surface area contributed by atoms with Crippen LogP contribution in [0.4, 0.5) is 0 Å². The van der Waals surface area contributed by atoms with Gasteiger partial charge in [0.05, 0.1) is 30.6 Å². The van der Waals surface area contributed by atoms with Crippen molar-refractivity contribution in [3.8, 4) is 0 Å². The molecule has 1 spiro atoms. The van der Waals surface area contributed by atoms with Gasteiger partial charge in [0.2, 0.25) is 17.7 Å². The third kappa shape index (κ3) is 4.28. The number of fused-ring (bicyclic) bond motifs is 2. The van der Waals surface area contributed by atoms with Gasteiger partial charge in [-0.25, -0.2) is 0 Å². The minimum atomic E-state index is -1.28. The Kier molecular flexibility index (Phi) is 7.73. The van der Waals surface area contributed by atoms with Crippen LogP contribution in [0.25, 0.3) is 0 Å². The van der Waals surface area contributed by atoms with Crippen LogP contribution in [0.3, 0.4) is 0 Å². The van der Waals surface area contributed by atoms with Gasteiger partial charge in [-0.15, -0.1) is 0 Å². The van der Waals surface area contributed by atoms with E-state index < -0.39 is 35.6 Å². The number of nitrogens with zero attached hydrogens (tertiary/aromatic N) is 3. The molecule has 4 heterocycles. The van der Waals surface area contributed by atoms with Gasteiger partial charge in [0.25, 0.3) is 0 Å². The first-order valence-corrected chi connectivity index (χ1v) is 14.1. The highest BCUT2D eigenvalue weighted by atomic mass is 16.5. The third-order valence-electron chi connectivity index (χ3n) is 8.48. The first kappa shape index (κ1) is 26.6. The monoisotopic (exact) mass is 521 g/mol. The van der Waals surface area contributed by atoms with Gasteiger partial charge in [-0.05, 0) is 18.4 Å². The van der Waals surface area contributed by atoms with Gasteiger partial charge >= 0.3 is 0 Å². The summed E-state index contributed by atoms with van der Waals surface area (Å²) in [7, 11) is 0. The summed E-state index contributed by atoms with van der Waals surface area (Å²) in [5.74, 6) is -2.17. The molecule has 0 bridgehead atoms. The average Bonchev–Trinajstić information content (AvgIpc) is 3.25. The Morgan fingerprint density at radius 1 is 0.947 bits per heavy atom. The van der Waals surface area contributed by atoms with Crippen molar-refractivity contribution < 1.29 is 24.2 Å². The van der Waals surface area contributed by atoms with Crippen LogP contribution in [0.5, 0.6) is 0 Å². The average molecular weight is 522 g/mol. The molecule has 1 aromatic carbocycles. The molecule has 2 fully saturated rings. The van der Waals surface area contributed by atoms with E-state index in [2.05, 4.69) is 6.92 Å². The Bertz CT molecular complexity index is 1100. The molecule has 1 unspecified atom stereocenters. The number of likely N-dealkylation sites (tertiary alicyclic amines) is 1. The summed E-state index contributed by atoms with van der Waals surface area (Å²) >= 11 is 0. The first-order chi connectivity index (χ1) is 18.5. The van der Waals surface area contributed by atoms with E-state index in [1.807, 2.05) is 61.6 Å². The SMILES string of the molecule is CCCCCN1CC=C[C@]23O[C@@H]4C=CCN(CCC)C(=O)[C@@H]4[C@H]2C(=O)N([C@H](CO)c2ccccc2)C3C1=O. The van der Waals surface area contributed by atoms with Crippen LogP contribution in [-0.2, 0) is 19.1 Å². The van der Waals surface area contributed by atoms with E-state index in [9.17, 15) is 19.5 Å². The summed E-state index contributed by atoms with van der Waals surface area (Å²) in [5.41, 5.74) is -0.534. The number of aliphatic hydroxyl groups is 1. The Balaban J connectivity index is 1.61. The van der Waals surface area contributed by atoms with E-state index in [1.165, 1.54) is 4.90 Å². The lowest BCUT2D eigenvalue weighted by atomic mass is 9.77. The van der Waals surface area contributed by atoms with Gasteiger partial charge in [-0.2, -0.15) is 0 Å². The molecule has 8 nitrogen and oxygen atoms in total. The first-order valence-electron chi connectivity index (χ1n) is 14.1. The highest BCUT2D eigenvalue weighted by Gasteiger charge is 2.72. The zero-order valence-corrected chi connectivity index (χ0v) is 22.4. The second-order valence-electron chi connectivity index (χ2n) is 10.8. The quantitative estimate of drug-likeness (QED) is 0.399. The van der Waals surface area contributed by atoms with Crippen LogP contribution >= 0.6 is 0 Å². The number of hydrogen-bond acceptors (Lipinski definition) is 5. The number of ether oxygens (including phenoxy) is 1. The van der Waals surface area contributed by atoms with Crippen molar-refractivity contribution in [1.82, 2.24) is 14.7 Å². The minimum Gasteiger partial charge on any atom is -0.394 e. The Labute approximate surface area is 224 Å². The number of benzene rings is 1. The molecule has 4 aliphatic heterocycles. The number of hydrogen-bond donors (Lipinski definition) is 1. The molecule has 3 amide bonds. The lowest BCUT2D eigenvalue weighted by Crippen LogP contribution is -2.56. The van der Waals surface area contributed by atoms with Gasteiger partial charge < -0.3 is 24.5 Å². The molecule has 0 radical (unpaired) electrons. The number of unbranched alkanes of at least 4 members (excludes halogenated alkanes) is 2. The van der Waals surface area contributed by atoms with Crippen LogP contribution in [0.2, 0.25) is 0 Å². The molecule has 38 heavy (non-hydrogen) atoms. The fourth-order valence-corrected chi connectivity index (χ4v) is 6.77. The molecular formula is C30H39N3O5. The van der Waals surface area contributed by atoms with Gasteiger partial charge in [0.15, 0.2) is 0 Å². The van der Waals surface area contributed by atoms with Crippen molar-refractivity contribution in [2.24, 2.45) is 11.8 Å². The van der Waals surface area contributed by atoms with Crippen LogP contribution in [0, 0.1) is 11.8 Å². The van der Waals surface area contributed by atoms with E-state index >= 15 is 0 Å². The van der Waals surface area contributed by atoms with E-state index in [-0.39, 0.29) is 24.3 Å². The molecule has 2 saturated heterocycles. The molecule has 1 aromatic rings. The molecule has 0 aliphatic carbocycles. The predicted octanol–water partition coefficient (Wildman–Crippen LogP) is 2.70. The van der Waals surface area contributed by atoms with Crippen LogP contribution < -0.4 is 0 Å². The summed E-state index contributed by atoms with van der Waals surface area (Å²) in [6.07, 6.45) is 10.8. The van der Waals surface area contributed by atoms with Crippen LogP contribution in [0.15, 0.2) is 54.6 Å². The number of carbonyl (C=O) groups excluding carboxylic acids is 3. The summed E-state index contributed by atoms with van der Waals surface area (Å²) in [4.78, 5) is 47.7. The third-order valence-corrected chi connectivity index (χ3v) is 8.48. The molecule has 6 atom stereocenters. The Hall–Kier alpha value is -2.97. The standard InChI is InChI=1S/C30H39N3O5/c1-3-5-9-17-32-19-11-15-30-25(24-23(38-30)14-10-18-31(16-4-2)27(24)35)28(36)33(26(30)29(32)37)22(20-34)21-12-7-6-8-13-21/h6-8,10-15,22-26,34H,3-5,9,16-20H2,1-2H3/t22-,23-,24+,25+,26?,30+/m1/s1. The number of rotatable bonds is 9. The molecule has 4 aliphatic rings. The second kappa shape index (κ2) is 11.0. The van der Waals surface area contributed by atoms with Gasteiger partial charge in [-0.1, -0.05) is 81.3 Å². The Morgan fingerprint density at radius 3 is 2.39 bits per heavy atom. The minimum absolute atomic E-state index is 0.108. The van der Waals surface area contributed by atoms with Crippen molar-refractivity contribution in [3.63, 3.8) is 0 Å². The highest BCUT2D eigenvalue weighted by Crippen LogP contribution is 2.55. The van der Waals surface area contributed by atoms with E-state index in [0.29, 0.717) is 26.2 Å². The van der Waals surface area contributed by atoms with Crippen molar-refractivity contribution in [2.75, 3.05) is 32.8 Å². The zero-order chi connectivity index (χ0) is 26.9. The highest BCUT2D eigenvalue weighted by molar-refractivity contribution is 6.00. The fraction of sp³-hybridized carbons (Fsp3) is 0.567. The van der Waals surface area contributed by atoms with E-state index in [0.717, 1.165) is 31.2 Å². The second-order valence-corrected chi connectivity index (χ2v) is 10.8. The van der Waals surface area contributed by atoms with Crippen LogP contribution in [-0.4, -0.2) is 88.1 Å². The largest absolute Gasteiger partial charge is 0.394 e. The maximum Gasteiger partial charge on any atom is 0.249 e. The zero-order valence-electron chi connectivity index (χ0n) is 22.4. The number of carbonyl (C=O) groups is 3. The molecule has 5 rings (SSSR count). The predicted molar refractivity (Wildman–Crippen MR) is 143 cm³/mol. The lowest BCUT2D eigenvalue weighted by molar-refractivity contribution is -0.151. The Morgan fingerprint density at radius 2 is 1.68 bits per heavy atom. The lowest BCUT2D eigenvalue weighted by Gasteiger charge is -2.38. The summed E-state index contributed by atoms with van der Waals surface area (Å²) in [6, 6.07) is 7.61. The summed E-state index contributed by atoms with van der Waals surface area (Å²) < 4.78 is 6.70. The van der Waals surface area contributed by atoms with Crippen molar-refractivity contribution in [1.29, 1.82) is 0 Å². The molecule has 8 heteroatoms. The van der Waals surface area contributed by atoms with Crippen molar-refractivity contribution in [2.45, 2.75) is 63.3 Å². The smallest absolute Gasteiger partial charge is 0.249 e. The fourth-order valence-electron chi connectivity index (χ4n) is 6.77. The van der Waals surface area contributed by atoms with E-state index in [1.54, 1.807) is 9.80 Å². The summed E-state index contributed by atoms with van der Waals surface area (Å²) in [6.45, 7) is 5.89. The van der Waals surface area contributed by atoms with Crippen molar-refractivity contribution >= 4 is 17.7 Å². The van der Waals surface area contributed by atoms with Gasteiger partial charge in [0.1, 0.15) is 11.6 Å². The molecule has 1 N–H and O–H groups in total. The maximum absolute atomic E-state index is 14.5.